The van der Waals surface area contributed by atoms with Crippen molar-refractivity contribution in [3.05, 3.63) is 24.0 Å². The molecule has 1 rings (SSSR count). The number of hydrogen-bond acceptors (Lipinski definition) is 2. The van der Waals surface area contributed by atoms with Crippen molar-refractivity contribution < 1.29 is 22.3 Å². The normalized spacial score (nSPS) is 11.4. The van der Waals surface area contributed by atoms with Gasteiger partial charge in [0.2, 0.25) is 0 Å². The van der Waals surface area contributed by atoms with Crippen LogP contribution in [0.1, 0.15) is 0 Å². The summed E-state index contributed by atoms with van der Waals surface area (Å²) >= 11 is 0. The predicted octanol–water partition coefficient (Wildman–Crippen LogP) is 2.35. The summed E-state index contributed by atoms with van der Waals surface area (Å²) in [6.07, 6.45) is -4.51. The van der Waals surface area contributed by atoms with Crippen molar-refractivity contribution in [3.63, 3.8) is 0 Å². The number of halogens is 4. The van der Waals surface area contributed by atoms with Crippen LogP contribution in [0.5, 0.6) is 5.75 Å². The molecule has 2 N–H and O–H groups in total. The van der Waals surface area contributed by atoms with Gasteiger partial charge in [0.25, 0.3) is 0 Å². The lowest BCUT2D eigenvalue weighted by Gasteiger charge is -2.11. The summed E-state index contributed by atoms with van der Waals surface area (Å²) in [5.41, 5.74) is 5.06. The van der Waals surface area contributed by atoms with E-state index in [1.807, 2.05) is 0 Å². The minimum atomic E-state index is -4.51. The van der Waals surface area contributed by atoms with Crippen molar-refractivity contribution in [3.8, 4) is 5.75 Å². The minimum absolute atomic E-state index is 0.158. The third-order valence-corrected chi connectivity index (χ3v) is 1.38. The topological polar surface area (TPSA) is 35.2 Å². The van der Waals surface area contributed by atoms with E-state index in [2.05, 4.69) is 4.74 Å². The molecule has 0 aliphatic carbocycles. The average molecular weight is 209 g/mol. The fourth-order valence-electron chi connectivity index (χ4n) is 0.832. The highest BCUT2D eigenvalue weighted by Crippen LogP contribution is 2.26. The highest BCUT2D eigenvalue weighted by molar-refractivity contribution is 5.52. The van der Waals surface area contributed by atoms with E-state index in [1.165, 1.54) is 12.1 Å². The van der Waals surface area contributed by atoms with Gasteiger partial charge in [-0.05, 0) is 12.1 Å². The van der Waals surface area contributed by atoms with E-state index in [4.69, 9.17) is 5.73 Å². The quantitative estimate of drug-likeness (QED) is 0.599. The van der Waals surface area contributed by atoms with Crippen LogP contribution in [-0.2, 0) is 0 Å². The summed E-state index contributed by atoms with van der Waals surface area (Å²) in [5.74, 6) is -1.47. The predicted molar refractivity (Wildman–Crippen MR) is 42.4 cm³/mol. The zero-order valence-electron chi connectivity index (χ0n) is 6.94. The van der Waals surface area contributed by atoms with Crippen molar-refractivity contribution >= 4 is 5.69 Å². The Morgan fingerprint density at radius 3 is 2.43 bits per heavy atom. The van der Waals surface area contributed by atoms with Crippen molar-refractivity contribution in [1.29, 1.82) is 0 Å². The molecule has 0 unspecified atom stereocenters. The van der Waals surface area contributed by atoms with Crippen LogP contribution in [-0.4, -0.2) is 12.8 Å². The van der Waals surface area contributed by atoms with Gasteiger partial charge in [-0.2, -0.15) is 13.2 Å². The Morgan fingerprint density at radius 2 is 1.93 bits per heavy atom. The van der Waals surface area contributed by atoms with Gasteiger partial charge < -0.3 is 10.5 Å². The molecule has 14 heavy (non-hydrogen) atoms. The standard InChI is InChI=1S/C8H7F4NO/c9-5-2-1-3-6(13)7(5)14-4-8(10,11)12/h1-3H,4,13H2. The highest BCUT2D eigenvalue weighted by atomic mass is 19.4. The van der Waals surface area contributed by atoms with E-state index in [9.17, 15) is 17.6 Å². The van der Waals surface area contributed by atoms with E-state index in [0.29, 0.717) is 0 Å². The third-order valence-electron chi connectivity index (χ3n) is 1.38. The van der Waals surface area contributed by atoms with E-state index in [-0.39, 0.29) is 5.69 Å². The van der Waals surface area contributed by atoms with Gasteiger partial charge in [-0.1, -0.05) is 6.07 Å². The van der Waals surface area contributed by atoms with E-state index in [0.717, 1.165) is 6.07 Å². The Morgan fingerprint density at radius 1 is 1.29 bits per heavy atom. The highest BCUT2D eigenvalue weighted by Gasteiger charge is 2.29. The van der Waals surface area contributed by atoms with Crippen molar-refractivity contribution in [2.24, 2.45) is 0 Å². The summed E-state index contributed by atoms with van der Waals surface area (Å²) in [5, 5.41) is 0. The lowest BCUT2D eigenvalue weighted by atomic mass is 10.3. The Bertz CT molecular complexity index is 303. The lowest BCUT2D eigenvalue weighted by Crippen LogP contribution is -2.20. The van der Waals surface area contributed by atoms with E-state index < -0.39 is 24.3 Å². The number of benzene rings is 1. The van der Waals surface area contributed by atoms with Gasteiger partial charge in [0.05, 0.1) is 5.69 Å². The molecule has 2 nitrogen and oxygen atoms in total. The molecule has 1 aromatic rings. The van der Waals surface area contributed by atoms with E-state index >= 15 is 0 Å². The monoisotopic (exact) mass is 209 g/mol. The fourth-order valence-corrected chi connectivity index (χ4v) is 0.832. The van der Waals surface area contributed by atoms with Gasteiger partial charge in [-0.15, -0.1) is 0 Å². The molecule has 78 valence electrons. The first-order valence-corrected chi connectivity index (χ1v) is 3.63. The zero-order chi connectivity index (χ0) is 10.8. The number of para-hydroxylation sites is 1. The second-order valence-corrected chi connectivity index (χ2v) is 2.56. The van der Waals surface area contributed by atoms with Crippen LogP contribution < -0.4 is 10.5 Å². The minimum Gasteiger partial charge on any atom is -0.479 e. The Kier molecular flexibility index (Phi) is 2.83. The maximum absolute atomic E-state index is 12.9. The molecule has 0 fully saturated rings. The van der Waals surface area contributed by atoms with Crippen LogP contribution in [0.3, 0.4) is 0 Å². The molecule has 0 aliphatic heterocycles. The molecular weight excluding hydrogens is 202 g/mol. The fraction of sp³-hybridized carbons (Fsp3) is 0.250. The number of rotatable bonds is 2. The van der Waals surface area contributed by atoms with Crippen LogP contribution in [0.4, 0.5) is 23.2 Å². The van der Waals surface area contributed by atoms with Crippen molar-refractivity contribution in [2.75, 3.05) is 12.3 Å². The summed E-state index contributed by atoms with van der Waals surface area (Å²) in [6, 6.07) is 3.52. The van der Waals surface area contributed by atoms with Crippen molar-refractivity contribution in [1.82, 2.24) is 0 Å². The molecule has 0 amide bonds. The van der Waals surface area contributed by atoms with Crippen molar-refractivity contribution in [2.45, 2.75) is 6.18 Å². The molecule has 0 saturated heterocycles. The maximum atomic E-state index is 12.9. The second kappa shape index (κ2) is 3.73. The number of ether oxygens (including phenoxy) is 1. The second-order valence-electron chi connectivity index (χ2n) is 2.56. The zero-order valence-corrected chi connectivity index (χ0v) is 6.94. The van der Waals surface area contributed by atoms with E-state index in [1.54, 1.807) is 0 Å². The van der Waals surface area contributed by atoms with Gasteiger partial charge in [0.15, 0.2) is 18.2 Å². The SMILES string of the molecule is Nc1cccc(F)c1OCC(F)(F)F. The number of hydrogen-bond donors (Lipinski definition) is 1. The molecule has 0 spiro atoms. The summed E-state index contributed by atoms with van der Waals surface area (Å²) in [6.45, 7) is -1.56. The number of nitrogens with two attached hydrogens (primary N) is 1. The summed E-state index contributed by atoms with van der Waals surface area (Å²) in [4.78, 5) is 0. The first-order valence-electron chi connectivity index (χ1n) is 3.63. The first-order chi connectivity index (χ1) is 6.40. The lowest BCUT2D eigenvalue weighted by molar-refractivity contribution is -0.153. The molecular formula is C8H7F4NO. The molecule has 0 saturated carbocycles. The molecule has 0 radical (unpaired) electrons. The smallest absolute Gasteiger partial charge is 0.422 e. The average Bonchev–Trinajstić information content (AvgIpc) is 2.01. The van der Waals surface area contributed by atoms with Crippen LogP contribution in [0.25, 0.3) is 0 Å². The molecule has 0 bridgehead atoms. The van der Waals surface area contributed by atoms with Gasteiger partial charge in [-0.25, -0.2) is 4.39 Å². The van der Waals surface area contributed by atoms with Crippen LogP contribution >= 0.6 is 0 Å². The number of nitrogen functional groups attached to an aromatic ring is 1. The number of alkyl halides is 3. The molecule has 0 aromatic heterocycles. The summed E-state index contributed by atoms with van der Waals surface area (Å²) < 4.78 is 52.2. The summed E-state index contributed by atoms with van der Waals surface area (Å²) in [7, 11) is 0. The van der Waals surface area contributed by atoms with Crippen LogP contribution in [0.2, 0.25) is 0 Å². The van der Waals surface area contributed by atoms with Gasteiger partial charge >= 0.3 is 6.18 Å². The van der Waals surface area contributed by atoms with Crippen LogP contribution in [0, 0.1) is 5.82 Å². The Balaban J connectivity index is 2.77. The largest absolute Gasteiger partial charge is 0.479 e. The third kappa shape index (κ3) is 2.79. The molecule has 0 atom stereocenters. The molecule has 1 aromatic carbocycles. The molecule has 0 aliphatic rings. The van der Waals surface area contributed by atoms with Gasteiger partial charge in [0.1, 0.15) is 0 Å². The van der Waals surface area contributed by atoms with Gasteiger partial charge in [-0.3, -0.25) is 0 Å². The molecule has 6 heteroatoms. The number of anilines is 1. The van der Waals surface area contributed by atoms with Crippen LogP contribution in [0.15, 0.2) is 18.2 Å². The first kappa shape index (κ1) is 10.6. The van der Waals surface area contributed by atoms with Gasteiger partial charge in [0, 0.05) is 0 Å². The molecule has 0 heterocycles. The Hall–Kier alpha value is -1.46. The Labute approximate surface area is 77.3 Å². The maximum Gasteiger partial charge on any atom is 0.422 e.